The minimum atomic E-state index is -0.670. The third-order valence-electron chi connectivity index (χ3n) is 4.95. The van der Waals surface area contributed by atoms with Crippen LogP contribution in [-0.4, -0.2) is 40.2 Å². The van der Waals surface area contributed by atoms with E-state index in [1.165, 1.54) is 0 Å². The minimum absolute atomic E-state index is 0.140. The van der Waals surface area contributed by atoms with Gasteiger partial charge in [0.15, 0.2) is 0 Å². The smallest absolute Gasteiger partial charge is 0.311 e. The van der Waals surface area contributed by atoms with Crippen molar-refractivity contribution in [3.8, 4) is 5.75 Å². The largest absolute Gasteiger partial charge is 0.508 e. The number of benzene rings is 1. The van der Waals surface area contributed by atoms with Gasteiger partial charge in [0, 0.05) is 12.6 Å². The van der Waals surface area contributed by atoms with Crippen LogP contribution in [0.15, 0.2) is 24.3 Å². The quantitative estimate of drug-likeness (QED) is 0.875. The van der Waals surface area contributed by atoms with Crippen molar-refractivity contribution in [3.63, 3.8) is 0 Å². The van der Waals surface area contributed by atoms with E-state index in [9.17, 15) is 15.0 Å². The van der Waals surface area contributed by atoms with E-state index in [1.807, 2.05) is 26.0 Å². The zero-order valence-corrected chi connectivity index (χ0v) is 13.0. The molecule has 0 aromatic heterocycles. The molecule has 1 fully saturated rings. The molecule has 1 aliphatic rings. The summed E-state index contributed by atoms with van der Waals surface area (Å²) in [5, 5.41) is 18.9. The van der Waals surface area contributed by atoms with Crippen molar-refractivity contribution in [2.24, 2.45) is 11.3 Å². The second-order valence-corrected chi connectivity index (χ2v) is 6.56. The fourth-order valence-electron chi connectivity index (χ4n) is 3.23. The Morgan fingerprint density at radius 1 is 1.29 bits per heavy atom. The van der Waals surface area contributed by atoms with Crippen LogP contribution in [0.1, 0.15) is 32.8 Å². The van der Waals surface area contributed by atoms with Crippen LogP contribution in [0.25, 0.3) is 0 Å². The van der Waals surface area contributed by atoms with Gasteiger partial charge in [-0.05, 0) is 49.9 Å². The fourth-order valence-corrected chi connectivity index (χ4v) is 3.23. The Labute approximate surface area is 126 Å². The molecule has 1 aromatic carbocycles. The molecule has 2 unspecified atom stereocenters. The molecule has 0 saturated carbocycles. The number of nitrogens with zero attached hydrogens (tertiary/aromatic N) is 1. The first-order valence-electron chi connectivity index (χ1n) is 7.60. The summed E-state index contributed by atoms with van der Waals surface area (Å²) in [5.41, 5.74) is 0.557. The molecule has 21 heavy (non-hydrogen) atoms. The zero-order chi connectivity index (χ0) is 15.6. The number of carbonyl (C=O) groups is 1. The predicted molar refractivity (Wildman–Crippen MR) is 82.4 cm³/mol. The molecule has 116 valence electrons. The maximum atomic E-state index is 11.7. The van der Waals surface area contributed by atoms with Crippen molar-refractivity contribution in [2.75, 3.05) is 13.1 Å². The van der Waals surface area contributed by atoms with Gasteiger partial charge in [-0.25, -0.2) is 0 Å². The lowest BCUT2D eigenvalue weighted by Gasteiger charge is -2.31. The first-order valence-corrected chi connectivity index (χ1v) is 7.60. The van der Waals surface area contributed by atoms with Gasteiger partial charge in [0.1, 0.15) is 5.75 Å². The average molecular weight is 291 g/mol. The van der Waals surface area contributed by atoms with E-state index in [0.29, 0.717) is 12.6 Å². The molecule has 0 aliphatic carbocycles. The van der Waals surface area contributed by atoms with Gasteiger partial charge < -0.3 is 10.2 Å². The Hall–Kier alpha value is -1.55. The molecule has 1 aromatic rings. The molecule has 1 saturated heterocycles. The fraction of sp³-hybridized carbons (Fsp3) is 0.588. The second-order valence-electron chi connectivity index (χ2n) is 6.56. The number of phenolic OH excluding ortho intramolecular Hbond substituents is 1. The lowest BCUT2D eigenvalue weighted by Crippen LogP contribution is -2.41. The van der Waals surface area contributed by atoms with Crippen LogP contribution in [0.5, 0.6) is 5.75 Å². The van der Waals surface area contributed by atoms with Crippen molar-refractivity contribution in [1.29, 1.82) is 0 Å². The highest BCUT2D eigenvalue weighted by Gasteiger charge is 2.47. The number of phenols is 1. The molecule has 0 bridgehead atoms. The SMILES string of the molecule is CC(Cc1ccc(O)cc1)N1CCC(C(=O)O)(C(C)C)C1. The van der Waals surface area contributed by atoms with Crippen molar-refractivity contribution in [1.82, 2.24) is 4.90 Å². The summed E-state index contributed by atoms with van der Waals surface area (Å²) in [6.07, 6.45) is 1.59. The predicted octanol–water partition coefficient (Wildman–Crippen LogP) is 2.76. The molecule has 2 N–H and O–H groups in total. The number of hydrogen-bond acceptors (Lipinski definition) is 3. The minimum Gasteiger partial charge on any atom is -0.508 e. The first kappa shape index (κ1) is 15.8. The van der Waals surface area contributed by atoms with Gasteiger partial charge in [-0.2, -0.15) is 0 Å². The standard InChI is InChI=1S/C17H25NO3/c1-12(2)17(16(20)21)8-9-18(11-17)13(3)10-14-4-6-15(19)7-5-14/h4-7,12-13,19H,8-11H2,1-3H3,(H,20,21). The third-order valence-corrected chi connectivity index (χ3v) is 4.95. The number of hydrogen-bond donors (Lipinski definition) is 2. The number of likely N-dealkylation sites (tertiary alicyclic amines) is 1. The van der Waals surface area contributed by atoms with Gasteiger partial charge in [-0.3, -0.25) is 9.69 Å². The van der Waals surface area contributed by atoms with Crippen molar-refractivity contribution in [2.45, 2.75) is 39.7 Å². The van der Waals surface area contributed by atoms with E-state index in [0.717, 1.165) is 24.9 Å². The van der Waals surface area contributed by atoms with Gasteiger partial charge in [0.05, 0.1) is 5.41 Å². The van der Waals surface area contributed by atoms with Crippen molar-refractivity contribution >= 4 is 5.97 Å². The van der Waals surface area contributed by atoms with E-state index in [-0.39, 0.29) is 11.7 Å². The van der Waals surface area contributed by atoms with Gasteiger partial charge in [0.25, 0.3) is 0 Å². The van der Waals surface area contributed by atoms with E-state index in [2.05, 4.69) is 11.8 Å². The van der Waals surface area contributed by atoms with Gasteiger partial charge in [-0.15, -0.1) is 0 Å². The highest BCUT2D eigenvalue weighted by atomic mass is 16.4. The topological polar surface area (TPSA) is 60.8 Å². The molecule has 1 aliphatic heterocycles. The maximum absolute atomic E-state index is 11.7. The molecule has 1 heterocycles. The third kappa shape index (κ3) is 3.21. The zero-order valence-electron chi connectivity index (χ0n) is 13.0. The number of carboxylic acids is 1. The lowest BCUT2D eigenvalue weighted by molar-refractivity contribution is -0.151. The molecule has 4 heteroatoms. The average Bonchev–Trinajstić information content (AvgIpc) is 2.88. The van der Waals surface area contributed by atoms with Crippen LogP contribution in [0.4, 0.5) is 0 Å². The Bertz CT molecular complexity index is 497. The maximum Gasteiger partial charge on any atom is 0.311 e. The van der Waals surface area contributed by atoms with Crippen LogP contribution in [0.3, 0.4) is 0 Å². The van der Waals surface area contributed by atoms with Crippen LogP contribution in [0.2, 0.25) is 0 Å². The van der Waals surface area contributed by atoms with Crippen LogP contribution in [-0.2, 0) is 11.2 Å². The normalized spacial score (nSPS) is 24.4. The van der Waals surface area contributed by atoms with E-state index in [4.69, 9.17) is 0 Å². The Kier molecular flexibility index (Phi) is 4.57. The van der Waals surface area contributed by atoms with Gasteiger partial charge >= 0.3 is 5.97 Å². The molecule has 0 radical (unpaired) electrons. The Morgan fingerprint density at radius 2 is 1.90 bits per heavy atom. The van der Waals surface area contributed by atoms with E-state index in [1.54, 1.807) is 12.1 Å². The number of carboxylic acid groups (broad SMARTS) is 1. The Balaban J connectivity index is 2.03. The summed E-state index contributed by atoms with van der Waals surface area (Å²) in [5.74, 6) is -0.255. The summed E-state index contributed by atoms with van der Waals surface area (Å²) in [6, 6.07) is 7.54. The molecule has 0 spiro atoms. The number of rotatable bonds is 5. The van der Waals surface area contributed by atoms with Crippen LogP contribution < -0.4 is 0 Å². The number of aliphatic carboxylic acids is 1. The highest BCUT2D eigenvalue weighted by molar-refractivity contribution is 5.75. The molecular weight excluding hydrogens is 266 g/mol. The Morgan fingerprint density at radius 3 is 2.38 bits per heavy atom. The summed E-state index contributed by atoms with van der Waals surface area (Å²) < 4.78 is 0. The lowest BCUT2D eigenvalue weighted by atomic mass is 9.76. The number of aromatic hydroxyl groups is 1. The van der Waals surface area contributed by atoms with Crippen molar-refractivity contribution in [3.05, 3.63) is 29.8 Å². The molecule has 2 atom stereocenters. The molecule has 4 nitrogen and oxygen atoms in total. The molecule has 2 rings (SSSR count). The van der Waals surface area contributed by atoms with Crippen LogP contribution in [0, 0.1) is 11.3 Å². The first-order chi connectivity index (χ1) is 9.85. The van der Waals surface area contributed by atoms with Gasteiger partial charge in [-0.1, -0.05) is 26.0 Å². The van der Waals surface area contributed by atoms with E-state index < -0.39 is 11.4 Å². The summed E-state index contributed by atoms with van der Waals surface area (Å²) >= 11 is 0. The summed E-state index contributed by atoms with van der Waals surface area (Å²) in [7, 11) is 0. The summed E-state index contributed by atoms with van der Waals surface area (Å²) in [6.45, 7) is 7.61. The van der Waals surface area contributed by atoms with Gasteiger partial charge in [0.2, 0.25) is 0 Å². The highest BCUT2D eigenvalue weighted by Crippen LogP contribution is 2.39. The summed E-state index contributed by atoms with van der Waals surface area (Å²) in [4.78, 5) is 14.0. The monoisotopic (exact) mass is 291 g/mol. The van der Waals surface area contributed by atoms with Crippen molar-refractivity contribution < 1.29 is 15.0 Å². The molecular formula is C17H25NO3. The molecule has 0 amide bonds. The second kappa shape index (κ2) is 6.06. The van der Waals surface area contributed by atoms with E-state index >= 15 is 0 Å². The van der Waals surface area contributed by atoms with Crippen LogP contribution >= 0.6 is 0 Å².